The van der Waals surface area contributed by atoms with Gasteiger partial charge >= 0.3 is 0 Å². The molecule has 0 amide bonds. The van der Waals surface area contributed by atoms with E-state index in [-0.39, 0.29) is 17.7 Å². The minimum absolute atomic E-state index is 0.106. The number of hydrogen-bond acceptors (Lipinski definition) is 4. The van der Waals surface area contributed by atoms with Gasteiger partial charge in [-0.15, -0.1) is 0 Å². The Hall–Kier alpha value is -0.940. The molecular weight excluding hydrogens is 264 g/mol. The molecule has 0 spiro atoms. The van der Waals surface area contributed by atoms with Crippen molar-refractivity contribution in [3.8, 4) is 0 Å². The van der Waals surface area contributed by atoms with Crippen molar-refractivity contribution in [3.05, 3.63) is 35.4 Å². The molecule has 1 saturated heterocycles. The fourth-order valence-corrected chi connectivity index (χ4v) is 3.61. The molecule has 1 aromatic carbocycles. The maximum Gasteiger partial charge on any atom is 0.0844 e. The van der Waals surface area contributed by atoms with Crippen molar-refractivity contribution >= 4 is 0 Å². The first-order valence-corrected chi connectivity index (χ1v) is 8.02. The highest BCUT2D eigenvalue weighted by atomic mass is 16.5. The van der Waals surface area contributed by atoms with Crippen LogP contribution in [0.5, 0.6) is 0 Å². The molecule has 3 atom stereocenters. The van der Waals surface area contributed by atoms with Crippen LogP contribution in [0.25, 0.3) is 0 Å². The standard InChI is InChI=1S/C17H26N2O2/c1-17(9-4-5-10-21-17)16(19-18)12-15-14-7-3-2-6-13(14)8-11-20-15/h2-3,6-7,15-16,19H,4-5,8-12,18H2,1H3. The summed E-state index contributed by atoms with van der Waals surface area (Å²) in [6.07, 6.45) is 5.37. The lowest BCUT2D eigenvalue weighted by molar-refractivity contribution is -0.101. The Morgan fingerprint density at radius 2 is 2.19 bits per heavy atom. The van der Waals surface area contributed by atoms with Crippen LogP contribution in [0.4, 0.5) is 0 Å². The Morgan fingerprint density at radius 1 is 1.33 bits per heavy atom. The first-order valence-electron chi connectivity index (χ1n) is 8.02. The zero-order chi connectivity index (χ0) is 14.7. The maximum atomic E-state index is 6.05. The molecule has 1 aromatic rings. The largest absolute Gasteiger partial charge is 0.374 e. The summed E-state index contributed by atoms with van der Waals surface area (Å²) in [5.41, 5.74) is 5.50. The highest BCUT2D eigenvalue weighted by Crippen LogP contribution is 2.36. The molecule has 1 fully saturated rings. The van der Waals surface area contributed by atoms with Gasteiger partial charge in [0.2, 0.25) is 0 Å². The summed E-state index contributed by atoms with van der Waals surface area (Å²) in [6, 6.07) is 8.68. The van der Waals surface area contributed by atoms with Crippen LogP contribution in [-0.4, -0.2) is 24.9 Å². The van der Waals surface area contributed by atoms with Crippen LogP contribution in [-0.2, 0) is 15.9 Å². The highest BCUT2D eigenvalue weighted by molar-refractivity contribution is 5.31. The Balaban J connectivity index is 1.76. The zero-order valence-corrected chi connectivity index (χ0v) is 12.8. The monoisotopic (exact) mass is 290 g/mol. The predicted molar refractivity (Wildman–Crippen MR) is 82.8 cm³/mol. The fraction of sp³-hybridized carbons (Fsp3) is 0.647. The summed E-state index contributed by atoms with van der Waals surface area (Å²) in [4.78, 5) is 0. The van der Waals surface area contributed by atoms with Gasteiger partial charge in [0.15, 0.2) is 0 Å². The van der Waals surface area contributed by atoms with Gasteiger partial charge in [0.25, 0.3) is 0 Å². The van der Waals surface area contributed by atoms with Gasteiger partial charge in [-0.1, -0.05) is 24.3 Å². The summed E-state index contributed by atoms with van der Waals surface area (Å²) >= 11 is 0. The Morgan fingerprint density at radius 3 is 2.95 bits per heavy atom. The molecule has 0 aromatic heterocycles. The van der Waals surface area contributed by atoms with Gasteiger partial charge in [-0.25, -0.2) is 0 Å². The topological polar surface area (TPSA) is 56.5 Å². The summed E-state index contributed by atoms with van der Waals surface area (Å²) in [5.74, 6) is 5.84. The molecule has 2 aliphatic heterocycles. The van der Waals surface area contributed by atoms with Gasteiger partial charge in [-0.05, 0) is 50.2 Å². The second kappa shape index (κ2) is 6.44. The molecule has 2 heterocycles. The summed E-state index contributed by atoms with van der Waals surface area (Å²) in [5, 5.41) is 0. The number of fused-ring (bicyclic) bond motifs is 1. The van der Waals surface area contributed by atoms with Crippen LogP contribution in [0.3, 0.4) is 0 Å². The van der Waals surface area contributed by atoms with Gasteiger partial charge < -0.3 is 9.47 Å². The molecule has 2 aliphatic rings. The number of rotatable bonds is 4. The molecule has 4 nitrogen and oxygen atoms in total. The maximum absolute atomic E-state index is 6.05. The van der Waals surface area contributed by atoms with E-state index in [1.165, 1.54) is 17.5 Å². The van der Waals surface area contributed by atoms with Crippen LogP contribution in [0.1, 0.15) is 49.8 Å². The zero-order valence-electron chi connectivity index (χ0n) is 12.8. The third kappa shape index (κ3) is 3.14. The van der Waals surface area contributed by atoms with Crippen LogP contribution in [0, 0.1) is 0 Å². The minimum atomic E-state index is -0.192. The molecule has 0 bridgehead atoms. The van der Waals surface area contributed by atoms with Crippen LogP contribution < -0.4 is 11.3 Å². The highest BCUT2D eigenvalue weighted by Gasteiger charge is 2.38. The summed E-state index contributed by atoms with van der Waals surface area (Å²) < 4.78 is 12.1. The van der Waals surface area contributed by atoms with E-state index in [9.17, 15) is 0 Å². The second-order valence-electron chi connectivity index (χ2n) is 6.38. The van der Waals surface area contributed by atoms with E-state index >= 15 is 0 Å². The van der Waals surface area contributed by atoms with E-state index in [1.807, 2.05) is 0 Å². The molecular formula is C17H26N2O2. The molecule has 21 heavy (non-hydrogen) atoms. The lowest BCUT2D eigenvalue weighted by Crippen LogP contribution is -2.55. The number of benzene rings is 1. The van der Waals surface area contributed by atoms with E-state index in [1.54, 1.807) is 0 Å². The molecule has 4 heteroatoms. The van der Waals surface area contributed by atoms with Gasteiger partial charge in [0.1, 0.15) is 0 Å². The SMILES string of the molecule is CC1(C(CC2OCCc3ccccc32)NN)CCCCO1. The Labute approximate surface area is 127 Å². The second-order valence-corrected chi connectivity index (χ2v) is 6.38. The van der Waals surface area contributed by atoms with Crippen molar-refractivity contribution in [2.45, 2.75) is 56.8 Å². The van der Waals surface area contributed by atoms with Crippen molar-refractivity contribution in [1.82, 2.24) is 5.43 Å². The van der Waals surface area contributed by atoms with E-state index in [0.717, 1.165) is 38.9 Å². The molecule has 0 aliphatic carbocycles. The van der Waals surface area contributed by atoms with Crippen molar-refractivity contribution in [1.29, 1.82) is 0 Å². The van der Waals surface area contributed by atoms with Crippen molar-refractivity contribution in [2.24, 2.45) is 5.84 Å². The Bertz CT molecular complexity index is 472. The van der Waals surface area contributed by atoms with Gasteiger partial charge in [0, 0.05) is 6.61 Å². The predicted octanol–water partition coefficient (Wildman–Crippen LogP) is 2.48. The average molecular weight is 290 g/mol. The molecule has 3 N–H and O–H groups in total. The minimum Gasteiger partial charge on any atom is -0.374 e. The summed E-state index contributed by atoms with van der Waals surface area (Å²) in [6.45, 7) is 3.79. The molecule has 3 rings (SSSR count). The van der Waals surface area contributed by atoms with E-state index in [2.05, 4.69) is 36.6 Å². The third-order valence-electron chi connectivity index (χ3n) is 4.98. The van der Waals surface area contributed by atoms with Crippen LogP contribution in [0.15, 0.2) is 24.3 Å². The van der Waals surface area contributed by atoms with Crippen molar-refractivity contribution in [3.63, 3.8) is 0 Å². The van der Waals surface area contributed by atoms with Crippen LogP contribution >= 0.6 is 0 Å². The van der Waals surface area contributed by atoms with Gasteiger partial charge in [0.05, 0.1) is 24.4 Å². The van der Waals surface area contributed by atoms with Crippen molar-refractivity contribution < 1.29 is 9.47 Å². The van der Waals surface area contributed by atoms with E-state index < -0.39 is 0 Å². The van der Waals surface area contributed by atoms with Gasteiger partial charge in [-0.2, -0.15) is 0 Å². The first-order chi connectivity index (χ1) is 10.2. The average Bonchev–Trinajstić information content (AvgIpc) is 2.53. The smallest absolute Gasteiger partial charge is 0.0844 e. The quantitative estimate of drug-likeness (QED) is 0.661. The Kier molecular flexibility index (Phi) is 4.60. The lowest BCUT2D eigenvalue weighted by atomic mass is 9.83. The summed E-state index contributed by atoms with van der Waals surface area (Å²) in [7, 11) is 0. The van der Waals surface area contributed by atoms with E-state index in [0.29, 0.717) is 0 Å². The molecule has 3 unspecified atom stereocenters. The number of hydrogen-bond donors (Lipinski definition) is 2. The number of hydrazine groups is 1. The molecule has 116 valence electrons. The van der Waals surface area contributed by atoms with Gasteiger partial charge in [-0.3, -0.25) is 11.3 Å². The van der Waals surface area contributed by atoms with Crippen molar-refractivity contribution in [2.75, 3.05) is 13.2 Å². The molecule has 0 saturated carbocycles. The van der Waals surface area contributed by atoms with E-state index in [4.69, 9.17) is 15.3 Å². The number of ether oxygens (including phenoxy) is 2. The number of nitrogens with two attached hydrogens (primary N) is 1. The van der Waals surface area contributed by atoms with Crippen LogP contribution in [0.2, 0.25) is 0 Å². The fourth-order valence-electron chi connectivity index (χ4n) is 3.61. The number of nitrogens with one attached hydrogen (secondary N) is 1. The first kappa shape index (κ1) is 15.0. The molecule has 0 radical (unpaired) electrons. The normalized spacial score (nSPS) is 30.7. The third-order valence-corrected chi connectivity index (χ3v) is 4.98. The lowest BCUT2D eigenvalue weighted by Gasteiger charge is -2.42.